The second kappa shape index (κ2) is 5.24. The predicted molar refractivity (Wildman–Crippen MR) is 76.4 cm³/mol. The molecule has 3 unspecified atom stereocenters. The zero-order chi connectivity index (χ0) is 14.1. The van der Waals surface area contributed by atoms with E-state index in [4.69, 9.17) is 5.73 Å². The molecule has 20 heavy (non-hydrogen) atoms. The summed E-state index contributed by atoms with van der Waals surface area (Å²) in [6, 6.07) is 2.14. The number of aromatic nitrogens is 5. The average Bonchev–Trinajstić information content (AvgIpc) is 3.11. The second-order valence-electron chi connectivity index (χ2n) is 5.56. The van der Waals surface area contributed by atoms with E-state index in [0.717, 1.165) is 31.3 Å². The first-order chi connectivity index (χ1) is 9.65. The van der Waals surface area contributed by atoms with Crippen molar-refractivity contribution in [3.63, 3.8) is 0 Å². The lowest BCUT2D eigenvalue weighted by Gasteiger charge is -2.34. The fourth-order valence-electron chi connectivity index (χ4n) is 2.51. The number of nitrogens with zero attached hydrogens (tertiary/aromatic N) is 5. The summed E-state index contributed by atoms with van der Waals surface area (Å²) in [4.78, 5) is 6.75. The van der Waals surface area contributed by atoms with Gasteiger partial charge in [0, 0.05) is 31.5 Å². The van der Waals surface area contributed by atoms with Gasteiger partial charge in [0.25, 0.3) is 0 Å². The molecule has 0 bridgehead atoms. The highest BCUT2D eigenvalue weighted by Gasteiger charge is 2.26. The molecule has 1 aliphatic heterocycles. The Bertz CT molecular complexity index is 547. The van der Waals surface area contributed by atoms with Gasteiger partial charge in [0.15, 0.2) is 5.82 Å². The lowest BCUT2D eigenvalue weighted by Crippen LogP contribution is -2.48. The number of hydrogen-bond acceptors (Lipinski definition) is 5. The molecular formula is C13H21N7. The Morgan fingerprint density at radius 2 is 2.35 bits per heavy atom. The van der Waals surface area contributed by atoms with Crippen LogP contribution in [-0.4, -0.2) is 44.1 Å². The third kappa shape index (κ3) is 2.40. The smallest absolute Gasteiger partial charge is 0.244 e. The van der Waals surface area contributed by atoms with Crippen molar-refractivity contribution in [2.45, 2.75) is 32.4 Å². The van der Waals surface area contributed by atoms with E-state index in [1.807, 2.05) is 23.9 Å². The molecule has 0 saturated carbocycles. The van der Waals surface area contributed by atoms with Crippen molar-refractivity contribution in [1.82, 2.24) is 25.0 Å². The van der Waals surface area contributed by atoms with Crippen molar-refractivity contribution in [3.8, 4) is 0 Å². The van der Waals surface area contributed by atoms with Crippen molar-refractivity contribution >= 4 is 5.95 Å². The van der Waals surface area contributed by atoms with E-state index in [2.05, 4.69) is 32.1 Å². The van der Waals surface area contributed by atoms with Gasteiger partial charge < -0.3 is 10.6 Å². The maximum atomic E-state index is 6.13. The van der Waals surface area contributed by atoms with Gasteiger partial charge in [-0.05, 0) is 25.3 Å². The Morgan fingerprint density at radius 3 is 3.05 bits per heavy atom. The van der Waals surface area contributed by atoms with Gasteiger partial charge >= 0.3 is 0 Å². The van der Waals surface area contributed by atoms with Gasteiger partial charge in [-0.1, -0.05) is 6.92 Å². The zero-order valence-electron chi connectivity index (χ0n) is 11.9. The molecule has 1 aliphatic rings. The van der Waals surface area contributed by atoms with E-state index in [0.29, 0.717) is 5.92 Å². The van der Waals surface area contributed by atoms with Gasteiger partial charge in [0.2, 0.25) is 5.95 Å². The number of hydrogen-bond donors (Lipinski definition) is 2. The van der Waals surface area contributed by atoms with E-state index in [1.165, 1.54) is 0 Å². The molecule has 0 spiro atoms. The van der Waals surface area contributed by atoms with Crippen molar-refractivity contribution in [1.29, 1.82) is 0 Å². The number of rotatable bonds is 3. The van der Waals surface area contributed by atoms with E-state index >= 15 is 0 Å². The Kier molecular flexibility index (Phi) is 3.43. The second-order valence-corrected chi connectivity index (χ2v) is 5.56. The summed E-state index contributed by atoms with van der Waals surface area (Å²) in [5, 5.41) is 11.6. The maximum Gasteiger partial charge on any atom is 0.244 e. The normalized spacial score (nSPS) is 24.9. The number of H-pyrrole nitrogens is 1. The SMILES string of the molecule is CC1CCN(c2n[nH]c(C(C)n3cccn3)n2)CC1N. The van der Waals surface area contributed by atoms with Gasteiger partial charge in [-0.25, -0.2) is 0 Å². The number of piperidine rings is 1. The molecule has 3 heterocycles. The topological polar surface area (TPSA) is 88.7 Å². The third-order valence-electron chi connectivity index (χ3n) is 4.11. The highest BCUT2D eigenvalue weighted by Crippen LogP contribution is 2.21. The molecule has 1 fully saturated rings. The van der Waals surface area contributed by atoms with E-state index in [1.54, 1.807) is 6.20 Å². The molecule has 2 aromatic heterocycles. The molecule has 108 valence electrons. The van der Waals surface area contributed by atoms with Crippen molar-refractivity contribution in [3.05, 3.63) is 24.3 Å². The van der Waals surface area contributed by atoms with Crippen LogP contribution in [0.15, 0.2) is 18.5 Å². The van der Waals surface area contributed by atoms with Crippen LogP contribution in [0.2, 0.25) is 0 Å². The van der Waals surface area contributed by atoms with Crippen LogP contribution in [0, 0.1) is 5.92 Å². The van der Waals surface area contributed by atoms with E-state index < -0.39 is 0 Å². The van der Waals surface area contributed by atoms with Crippen molar-refractivity contribution in [2.24, 2.45) is 11.7 Å². The van der Waals surface area contributed by atoms with Crippen LogP contribution in [0.5, 0.6) is 0 Å². The van der Waals surface area contributed by atoms with Crippen LogP contribution in [0.1, 0.15) is 32.1 Å². The number of nitrogens with two attached hydrogens (primary N) is 1. The highest BCUT2D eigenvalue weighted by molar-refractivity contribution is 5.30. The summed E-state index contributed by atoms with van der Waals surface area (Å²) in [7, 11) is 0. The van der Waals surface area contributed by atoms with Crippen LogP contribution in [0.3, 0.4) is 0 Å². The summed E-state index contributed by atoms with van der Waals surface area (Å²) in [5.74, 6) is 2.12. The molecule has 0 radical (unpaired) electrons. The first-order valence-electron chi connectivity index (χ1n) is 7.07. The Hall–Kier alpha value is -1.89. The molecule has 3 rings (SSSR count). The fraction of sp³-hybridized carbons (Fsp3) is 0.615. The fourth-order valence-corrected chi connectivity index (χ4v) is 2.51. The minimum Gasteiger partial charge on any atom is -0.338 e. The van der Waals surface area contributed by atoms with E-state index in [9.17, 15) is 0 Å². The third-order valence-corrected chi connectivity index (χ3v) is 4.11. The monoisotopic (exact) mass is 275 g/mol. The molecule has 1 saturated heterocycles. The van der Waals surface area contributed by atoms with Crippen LogP contribution in [0.25, 0.3) is 0 Å². The summed E-state index contributed by atoms with van der Waals surface area (Å²) < 4.78 is 1.86. The minimum absolute atomic E-state index is 0.0450. The zero-order valence-corrected chi connectivity index (χ0v) is 11.9. The molecule has 3 atom stereocenters. The molecule has 2 aromatic rings. The summed E-state index contributed by atoms with van der Waals surface area (Å²) in [6.45, 7) is 6.02. The Morgan fingerprint density at radius 1 is 1.50 bits per heavy atom. The first-order valence-corrected chi connectivity index (χ1v) is 7.07. The molecule has 7 nitrogen and oxygen atoms in total. The molecule has 0 amide bonds. The molecule has 0 aliphatic carbocycles. The summed E-state index contributed by atoms with van der Waals surface area (Å²) in [6.07, 6.45) is 4.77. The quantitative estimate of drug-likeness (QED) is 0.864. The minimum atomic E-state index is 0.0450. The van der Waals surface area contributed by atoms with Crippen molar-refractivity contribution < 1.29 is 0 Å². The molecular weight excluding hydrogens is 254 g/mol. The molecule has 7 heteroatoms. The van der Waals surface area contributed by atoms with Crippen LogP contribution in [0.4, 0.5) is 5.95 Å². The van der Waals surface area contributed by atoms with Gasteiger partial charge in [0.1, 0.15) is 6.04 Å². The van der Waals surface area contributed by atoms with Gasteiger partial charge in [-0.2, -0.15) is 10.1 Å². The van der Waals surface area contributed by atoms with E-state index in [-0.39, 0.29) is 12.1 Å². The van der Waals surface area contributed by atoms with Gasteiger partial charge in [-0.15, -0.1) is 5.10 Å². The highest BCUT2D eigenvalue weighted by atomic mass is 15.4. The standard InChI is InChI=1S/C13H21N7/c1-9-4-7-19(8-11(9)14)13-16-12(17-18-13)10(2)20-6-3-5-15-20/h3,5-6,9-11H,4,7-8,14H2,1-2H3,(H,16,17,18). The number of nitrogens with one attached hydrogen (secondary N) is 1. The lowest BCUT2D eigenvalue weighted by atomic mass is 9.95. The summed E-state index contributed by atoms with van der Waals surface area (Å²) in [5.41, 5.74) is 6.13. The first kappa shape index (κ1) is 13.1. The average molecular weight is 275 g/mol. The van der Waals surface area contributed by atoms with Crippen LogP contribution >= 0.6 is 0 Å². The van der Waals surface area contributed by atoms with Gasteiger partial charge in [-0.3, -0.25) is 9.78 Å². The maximum absolute atomic E-state index is 6.13. The molecule has 0 aromatic carbocycles. The lowest BCUT2D eigenvalue weighted by molar-refractivity contribution is 0.376. The number of aromatic amines is 1. The number of anilines is 1. The van der Waals surface area contributed by atoms with Crippen molar-refractivity contribution in [2.75, 3.05) is 18.0 Å². The molecule has 3 N–H and O–H groups in total. The largest absolute Gasteiger partial charge is 0.338 e. The van der Waals surface area contributed by atoms with Crippen LogP contribution in [-0.2, 0) is 0 Å². The Balaban J connectivity index is 1.74. The van der Waals surface area contributed by atoms with Crippen LogP contribution < -0.4 is 10.6 Å². The Labute approximate surface area is 118 Å². The van der Waals surface area contributed by atoms with Gasteiger partial charge in [0.05, 0.1) is 0 Å². The predicted octanol–water partition coefficient (Wildman–Crippen LogP) is 0.784. The summed E-state index contributed by atoms with van der Waals surface area (Å²) >= 11 is 0.